The number of nitrogens with zero attached hydrogens (tertiary/aromatic N) is 6. The molecule has 38 heavy (non-hydrogen) atoms. The SMILES string of the molecule is Cn1cc([C@H]2C[C@@H]2c2c(C(=O)O)cnn2-c2cccc(-c3cccc(C(=O)N4CCCCC4)c3F)c2)nn1. The van der Waals surface area contributed by atoms with Gasteiger partial charge in [-0.05, 0) is 49.4 Å². The van der Waals surface area contributed by atoms with Crippen molar-refractivity contribution in [2.75, 3.05) is 13.1 Å². The summed E-state index contributed by atoms with van der Waals surface area (Å²) in [6.45, 7) is 1.28. The van der Waals surface area contributed by atoms with Gasteiger partial charge in [-0.25, -0.2) is 13.9 Å². The highest BCUT2D eigenvalue weighted by molar-refractivity contribution is 5.96. The lowest BCUT2D eigenvalue weighted by atomic mass is 10.00. The molecule has 2 fully saturated rings. The third-order valence-electron chi connectivity index (χ3n) is 7.45. The second kappa shape index (κ2) is 9.51. The van der Waals surface area contributed by atoms with Crippen LogP contribution in [0.25, 0.3) is 16.8 Å². The third-order valence-corrected chi connectivity index (χ3v) is 7.45. The van der Waals surface area contributed by atoms with Gasteiger partial charge in [0.25, 0.3) is 5.91 Å². The van der Waals surface area contributed by atoms with E-state index < -0.39 is 11.8 Å². The molecule has 2 aromatic carbocycles. The number of carbonyl (C=O) groups is 2. The van der Waals surface area contributed by atoms with Crippen molar-refractivity contribution in [3.8, 4) is 16.8 Å². The van der Waals surface area contributed by atoms with Crippen molar-refractivity contribution in [2.45, 2.75) is 37.5 Å². The molecule has 1 aliphatic carbocycles. The van der Waals surface area contributed by atoms with E-state index in [1.54, 1.807) is 51.6 Å². The van der Waals surface area contributed by atoms with Crippen LogP contribution in [0.1, 0.15) is 69.6 Å². The van der Waals surface area contributed by atoms with Gasteiger partial charge >= 0.3 is 5.97 Å². The van der Waals surface area contributed by atoms with Gasteiger partial charge in [-0.2, -0.15) is 5.10 Å². The van der Waals surface area contributed by atoms with Crippen LogP contribution in [-0.4, -0.2) is 59.7 Å². The highest BCUT2D eigenvalue weighted by Crippen LogP contribution is 2.55. The number of hydrogen-bond acceptors (Lipinski definition) is 5. The molecule has 1 N–H and O–H groups in total. The molecule has 9 nitrogen and oxygen atoms in total. The first-order valence-corrected chi connectivity index (χ1v) is 12.8. The predicted octanol–water partition coefficient (Wildman–Crippen LogP) is 4.40. The molecule has 4 aromatic rings. The standard InChI is InChI=1S/C28H27FN6O3/c1-33-16-24(31-32-33)21-14-22(21)26-23(28(37)38)15-30-35(26)18-8-5-7-17(13-18)19-9-6-10-20(25(19)29)27(36)34-11-3-2-4-12-34/h5-10,13,15-16,21-22H,2-4,11-12,14H2,1H3,(H,37,38)/t21-,22-/m0/s1. The van der Waals surface area contributed by atoms with Crippen LogP contribution in [0.15, 0.2) is 54.9 Å². The average Bonchev–Trinajstić information content (AvgIpc) is 3.37. The van der Waals surface area contributed by atoms with Gasteiger partial charge in [-0.1, -0.05) is 29.5 Å². The molecule has 2 aromatic heterocycles. The second-order valence-corrected chi connectivity index (χ2v) is 10.00. The Balaban J connectivity index is 1.35. The fourth-order valence-corrected chi connectivity index (χ4v) is 5.44. The molecular weight excluding hydrogens is 487 g/mol. The molecule has 3 heterocycles. The van der Waals surface area contributed by atoms with Crippen LogP contribution in [0.2, 0.25) is 0 Å². The summed E-state index contributed by atoms with van der Waals surface area (Å²) in [5, 5.41) is 22.5. The molecular formula is C28H27FN6O3. The number of carbonyl (C=O) groups excluding carboxylic acids is 1. The van der Waals surface area contributed by atoms with Crippen molar-refractivity contribution in [2.24, 2.45) is 7.05 Å². The van der Waals surface area contributed by atoms with Gasteiger partial charge in [0.05, 0.1) is 28.8 Å². The molecule has 1 amide bonds. The zero-order valence-electron chi connectivity index (χ0n) is 20.9. The highest BCUT2D eigenvalue weighted by atomic mass is 19.1. The van der Waals surface area contributed by atoms with Crippen LogP contribution in [0.4, 0.5) is 4.39 Å². The number of likely N-dealkylation sites (tertiary alicyclic amines) is 1. The first kappa shape index (κ1) is 24.0. The van der Waals surface area contributed by atoms with Crippen molar-refractivity contribution in [3.63, 3.8) is 0 Å². The predicted molar refractivity (Wildman–Crippen MR) is 137 cm³/mol. The monoisotopic (exact) mass is 514 g/mol. The summed E-state index contributed by atoms with van der Waals surface area (Å²) in [5.41, 5.74) is 3.09. The van der Waals surface area contributed by atoms with Gasteiger partial charge in [0.2, 0.25) is 0 Å². The molecule has 6 rings (SSSR count). The number of benzene rings is 2. The number of hydrogen-bond donors (Lipinski definition) is 1. The molecule has 0 bridgehead atoms. The summed E-state index contributed by atoms with van der Waals surface area (Å²) in [6, 6.07) is 12.0. The summed E-state index contributed by atoms with van der Waals surface area (Å²) in [5.74, 6) is -1.93. The fourth-order valence-electron chi connectivity index (χ4n) is 5.44. The van der Waals surface area contributed by atoms with Crippen molar-refractivity contribution in [3.05, 3.63) is 83.2 Å². The Morgan fingerprint density at radius 2 is 1.82 bits per heavy atom. The average molecular weight is 515 g/mol. The lowest BCUT2D eigenvalue weighted by Crippen LogP contribution is -2.36. The zero-order chi connectivity index (χ0) is 26.4. The maximum absolute atomic E-state index is 15.7. The van der Waals surface area contributed by atoms with Gasteiger partial charge in [-0.3, -0.25) is 9.48 Å². The van der Waals surface area contributed by atoms with Crippen molar-refractivity contribution in [1.82, 2.24) is 29.7 Å². The van der Waals surface area contributed by atoms with Crippen molar-refractivity contribution in [1.29, 1.82) is 0 Å². The van der Waals surface area contributed by atoms with E-state index in [9.17, 15) is 14.7 Å². The Bertz CT molecular complexity index is 1540. The van der Waals surface area contributed by atoms with E-state index in [1.807, 2.05) is 12.3 Å². The Morgan fingerprint density at radius 3 is 2.55 bits per heavy atom. The van der Waals surface area contributed by atoms with Gasteiger partial charge in [0.15, 0.2) is 0 Å². The molecule has 1 saturated carbocycles. The molecule has 194 valence electrons. The second-order valence-electron chi connectivity index (χ2n) is 10.00. The van der Waals surface area contributed by atoms with E-state index in [4.69, 9.17) is 0 Å². The number of piperidine rings is 1. The number of rotatable bonds is 6. The van der Waals surface area contributed by atoms with Crippen LogP contribution in [0.5, 0.6) is 0 Å². The van der Waals surface area contributed by atoms with E-state index in [2.05, 4.69) is 15.4 Å². The van der Waals surface area contributed by atoms with Crippen LogP contribution in [-0.2, 0) is 7.05 Å². The Labute approximate surface area is 218 Å². The summed E-state index contributed by atoms with van der Waals surface area (Å²) >= 11 is 0. The number of aryl methyl sites for hydroxylation is 1. The van der Waals surface area contributed by atoms with Crippen molar-refractivity contribution >= 4 is 11.9 Å². The lowest BCUT2D eigenvalue weighted by Gasteiger charge is -2.27. The molecule has 1 aliphatic heterocycles. The van der Waals surface area contributed by atoms with E-state index in [0.717, 1.165) is 31.4 Å². The Morgan fingerprint density at radius 1 is 1.03 bits per heavy atom. The quantitative estimate of drug-likeness (QED) is 0.409. The van der Waals surface area contributed by atoms with E-state index in [-0.39, 0.29) is 28.9 Å². The maximum atomic E-state index is 15.7. The molecule has 2 atom stereocenters. The molecule has 0 radical (unpaired) electrons. The lowest BCUT2D eigenvalue weighted by molar-refractivity contribution is 0.0692. The number of halogens is 1. The number of aromatic nitrogens is 5. The molecule has 2 aliphatic rings. The third kappa shape index (κ3) is 4.25. The Kier molecular flexibility index (Phi) is 6.01. The minimum atomic E-state index is -1.05. The van der Waals surface area contributed by atoms with Gasteiger partial charge in [-0.15, -0.1) is 5.10 Å². The van der Waals surface area contributed by atoms with Crippen LogP contribution < -0.4 is 0 Å². The summed E-state index contributed by atoms with van der Waals surface area (Å²) in [4.78, 5) is 26.8. The number of amides is 1. The summed E-state index contributed by atoms with van der Waals surface area (Å²) in [6.07, 6.45) is 6.87. The minimum Gasteiger partial charge on any atom is -0.478 e. The fraction of sp³-hybridized carbons (Fsp3) is 0.321. The highest BCUT2D eigenvalue weighted by Gasteiger charge is 2.46. The van der Waals surface area contributed by atoms with Gasteiger partial charge in [0.1, 0.15) is 11.4 Å². The van der Waals surface area contributed by atoms with E-state index >= 15 is 4.39 Å². The smallest absolute Gasteiger partial charge is 0.339 e. The minimum absolute atomic E-state index is 0.0513. The molecule has 10 heteroatoms. The molecule has 1 saturated heterocycles. The number of aromatic carboxylic acids is 1. The largest absolute Gasteiger partial charge is 0.478 e. The van der Waals surface area contributed by atoms with E-state index in [0.29, 0.717) is 35.6 Å². The van der Waals surface area contributed by atoms with Crippen LogP contribution in [0, 0.1) is 5.82 Å². The summed E-state index contributed by atoms with van der Waals surface area (Å²) < 4.78 is 19.0. The zero-order valence-corrected chi connectivity index (χ0v) is 20.9. The normalized spacial score (nSPS) is 18.9. The van der Waals surface area contributed by atoms with Crippen LogP contribution >= 0.6 is 0 Å². The summed E-state index contributed by atoms with van der Waals surface area (Å²) in [7, 11) is 1.79. The Hall–Kier alpha value is -4.34. The molecule has 0 unspecified atom stereocenters. The van der Waals surface area contributed by atoms with Crippen LogP contribution in [0.3, 0.4) is 0 Å². The first-order valence-electron chi connectivity index (χ1n) is 12.8. The van der Waals surface area contributed by atoms with Gasteiger partial charge < -0.3 is 10.0 Å². The maximum Gasteiger partial charge on any atom is 0.339 e. The number of carboxylic acid groups (broad SMARTS) is 1. The molecule has 0 spiro atoms. The van der Waals surface area contributed by atoms with E-state index in [1.165, 1.54) is 12.3 Å². The van der Waals surface area contributed by atoms with Crippen molar-refractivity contribution < 1.29 is 19.1 Å². The van der Waals surface area contributed by atoms with Gasteiger partial charge in [0, 0.05) is 43.7 Å². The first-order chi connectivity index (χ1) is 18.4. The number of carboxylic acids is 1. The topological polar surface area (TPSA) is 106 Å².